The molecule has 21 heavy (non-hydrogen) atoms. The molecule has 0 radical (unpaired) electrons. The molecule has 2 heterocycles. The van der Waals surface area contributed by atoms with Crippen LogP contribution in [0.2, 0.25) is 0 Å². The average Bonchev–Trinajstić information content (AvgIpc) is 2.95. The Morgan fingerprint density at radius 2 is 2.19 bits per heavy atom. The number of hydrogen-bond acceptors (Lipinski definition) is 6. The van der Waals surface area contributed by atoms with Gasteiger partial charge in [0.2, 0.25) is 5.69 Å². The summed E-state index contributed by atoms with van der Waals surface area (Å²) in [5, 5.41) is 26.1. The zero-order chi connectivity index (χ0) is 15.8. The lowest BCUT2D eigenvalue weighted by Gasteiger charge is -2.14. The van der Waals surface area contributed by atoms with Gasteiger partial charge >= 0.3 is 11.7 Å². The van der Waals surface area contributed by atoms with Gasteiger partial charge in [0, 0.05) is 10.8 Å². The molecule has 0 bridgehead atoms. The number of nitrogens with zero attached hydrogens (tertiary/aromatic N) is 4. The summed E-state index contributed by atoms with van der Waals surface area (Å²) in [6.07, 6.45) is 1.11. The molecule has 0 amide bonds. The number of carboxylic acids is 1. The van der Waals surface area contributed by atoms with Gasteiger partial charge in [0.05, 0.1) is 17.2 Å². The van der Waals surface area contributed by atoms with Gasteiger partial charge in [0.15, 0.2) is 0 Å². The number of carboxylic acid groups (broad SMARTS) is 1. The first kappa shape index (κ1) is 15.1. The largest absolute Gasteiger partial charge is 0.476 e. The molecule has 0 aliphatic carbocycles. The third-order valence-corrected chi connectivity index (χ3v) is 3.59. The molecule has 0 atom stereocenters. The van der Waals surface area contributed by atoms with Crippen LogP contribution in [0.3, 0.4) is 0 Å². The number of aromatic nitrogens is 3. The molecule has 0 spiro atoms. The van der Waals surface area contributed by atoms with E-state index < -0.39 is 22.3 Å². The molecule has 8 nitrogen and oxygen atoms in total. The van der Waals surface area contributed by atoms with E-state index in [0.29, 0.717) is 5.01 Å². The lowest BCUT2D eigenvalue weighted by Crippen LogP contribution is -2.12. The van der Waals surface area contributed by atoms with E-state index in [4.69, 9.17) is 5.11 Å². The Kier molecular flexibility index (Phi) is 3.77. The highest BCUT2D eigenvalue weighted by atomic mass is 32.1. The average molecular weight is 310 g/mol. The minimum absolute atomic E-state index is 0.0862. The van der Waals surface area contributed by atoms with Gasteiger partial charge in [-0.1, -0.05) is 20.8 Å². The first-order chi connectivity index (χ1) is 9.68. The predicted molar refractivity (Wildman–Crippen MR) is 75.8 cm³/mol. The van der Waals surface area contributed by atoms with Gasteiger partial charge < -0.3 is 5.11 Å². The summed E-state index contributed by atoms with van der Waals surface area (Å²) in [5.41, 5.74) is -0.248. The molecule has 9 heteroatoms. The van der Waals surface area contributed by atoms with Crippen LogP contribution in [0.5, 0.6) is 0 Å². The van der Waals surface area contributed by atoms with Crippen molar-refractivity contribution in [1.82, 2.24) is 14.8 Å². The van der Waals surface area contributed by atoms with E-state index in [1.807, 2.05) is 26.2 Å². The van der Waals surface area contributed by atoms with Crippen molar-refractivity contribution < 1.29 is 14.8 Å². The van der Waals surface area contributed by atoms with E-state index in [1.165, 1.54) is 16.0 Å². The molecule has 0 aliphatic heterocycles. The molecular weight excluding hydrogens is 296 g/mol. The minimum atomic E-state index is -1.42. The summed E-state index contributed by atoms with van der Waals surface area (Å²) < 4.78 is 1.23. The van der Waals surface area contributed by atoms with E-state index in [-0.39, 0.29) is 12.0 Å². The van der Waals surface area contributed by atoms with Gasteiger partial charge in [-0.05, 0) is 0 Å². The number of carbonyl (C=O) groups is 1. The molecule has 0 saturated carbocycles. The third kappa shape index (κ3) is 3.24. The number of aromatic carboxylic acids is 1. The van der Waals surface area contributed by atoms with Crippen LogP contribution in [0, 0.1) is 10.1 Å². The van der Waals surface area contributed by atoms with Crippen molar-refractivity contribution in [3.8, 4) is 0 Å². The molecule has 112 valence electrons. The highest BCUT2D eigenvalue weighted by Crippen LogP contribution is 2.25. The summed E-state index contributed by atoms with van der Waals surface area (Å²) >= 11 is 1.41. The van der Waals surface area contributed by atoms with Crippen molar-refractivity contribution in [2.45, 2.75) is 32.7 Å². The van der Waals surface area contributed by atoms with Gasteiger partial charge in [-0.3, -0.25) is 14.8 Å². The Morgan fingerprint density at radius 3 is 2.62 bits per heavy atom. The fourth-order valence-electron chi connectivity index (χ4n) is 1.64. The van der Waals surface area contributed by atoms with Crippen LogP contribution in [0.4, 0.5) is 5.69 Å². The molecule has 0 aromatic carbocycles. The van der Waals surface area contributed by atoms with E-state index in [0.717, 1.165) is 11.9 Å². The van der Waals surface area contributed by atoms with Gasteiger partial charge in [0.25, 0.3) is 0 Å². The molecule has 0 aliphatic rings. The molecule has 0 saturated heterocycles. The summed E-state index contributed by atoms with van der Waals surface area (Å²) in [6, 6.07) is 0. The van der Waals surface area contributed by atoms with Gasteiger partial charge in [-0.25, -0.2) is 9.78 Å². The number of hydrogen-bond donors (Lipinski definition) is 1. The lowest BCUT2D eigenvalue weighted by atomic mass is 9.93. The summed E-state index contributed by atoms with van der Waals surface area (Å²) in [7, 11) is 0. The van der Waals surface area contributed by atoms with Gasteiger partial charge in [0.1, 0.15) is 11.2 Å². The highest BCUT2D eigenvalue weighted by molar-refractivity contribution is 7.09. The molecule has 2 rings (SSSR count). The maximum atomic E-state index is 10.9. The molecule has 1 N–H and O–H groups in total. The fourth-order valence-corrected chi connectivity index (χ4v) is 2.66. The van der Waals surface area contributed by atoms with E-state index in [1.54, 1.807) is 0 Å². The lowest BCUT2D eigenvalue weighted by molar-refractivity contribution is -0.385. The van der Waals surface area contributed by atoms with Crippen LogP contribution >= 0.6 is 11.3 Å². The van der Waals surface area contributed by atoms with Crippen LogP contribution in [0.1, 0.15) is 42.0 Å². The van der Waals surface area contributed by atoms with Crippen LogP contribution in [-0.4, -0.2) is 30.8 Å². The molecule has 2 aromatic heterocycles. The second-order valence-corrected chi connectivity index (χ2v) is 6.44. The van der Waals surface area contributed by atoms with Crippen LogP contribution < -0.4 is 0 Å². The van der Waals surface area contributed by atoms with Gasteiger partial charge in [-0.15, -0.1) is 11.3 Å². The second kappa shape index (κ2) is 5.24. The summed E-state index contributed by atoms with van der Waals surface area (Å²) in [4.78, 5) is 25.4. The zero-order valence-electron chi connectivity index (χ0n) is 11.7. The van der Waals surface area contributed by atoms with Crippen LogP contribution in [-0.2, 0) is 12.0 Å². The van der Waals surface area contributed by atoms with Crippen molar-refractivity contribution in [2.75, 3.05) is 0 Å². The molecule has 0 fully saturated rings. The third-order valence-electron chi connectivity index (χ3n) is 2.76. The Labute approximate surface area is 124 Å². The SMILES string of the molecule is CC(C)(C)c1csc(Cn2cc([N+](=O)[O-])c(C(=O)O)n2)n1. The van der Waals surface area contributed by atoms with Crippen molar-refractivity contribution in [2.24, 2.45) is 0 Å². The Hall–Kier alpha value is -2.29. The normalized spacial score (nSPS) is 11.6. The predicted octanol–water partition coefficient (Wildman–Crippen LogP) is 2.29. The number of thiazole rings is 1. The van der Waals surface area contributed by atoms with Gasteiger partial charge in [-0.2, -0.15) is 5.10 Å². The summed E-state index contributed by atoms with van der Waals surface area (Å²) in [6.45, 7) is 6.31. The van der Waals surface area contributed by atoms with E-state index >= 15 is 0 Å². The van der Waals surface area contributed by atoms with E-state index in [2.05, 4.69) is 10.1 Å². The van der Waals surface area contributed by atoms with Crippen molar-refractivity contribution in [3.63, 3.8) is 0 Å². The second-order valence-electron chi connectivity index (χ2n) is 5.50. The number of nitro groups is 1. The van der Waals surface area contributed by atoms with Crippen molar-refractivity contribution >= 4 is 23.0 Å². The first-order valence-corrected chi connectivity index (χ1v) is 6.96. The standard InChI is InChI=1S/C12H14N4O4S/c1-12(2,3)8-6-21-9(13-8)5-15-4-7(16(19)20)10(14-15)11(17)18/h4,6H,5H2,1-3H3,(H,17,18). The van der Waals surface area contributed by atoms with Crippen LogP contribution in [0.15, 0.2) is 11.6 Å². The monoisotopic (exact) mass is 310 g/mol. The Bertz CT molecular complexity index is 667. The summed E-state index contributed by atoms with van der Waals surface area (Å²) in [5.74, 6) is -1.42. The minimum Gasteiger partial charge on any atom is -0.476 e. The molecule has 0 unspecified atom stereocenters. The fraction of sp³-hybridized carbons (Fsp3) is 0.417. The van der Waals surface area contributed by atoms with E-state index in [9.17, 15) is 14.9 Å². The Balaban J connectivity index is 2.28. The Morgan fingerprint density at radius 1 is 1.52 bits per heavy atom. The molecular formula is C12H14N4O4S. The number of rotatable bonds is 4. The highest BCUT2D eigenvalue weighted by Gasteiger charge is 2.25. The molecule has 2 aromatic rings. The maximum absolute atomic E-state index is 10.9. The topological polar surface area (TPSA) is 111 Å². The van der Waals surface area contributed by atoms with Crippen molar-refractivity contribution in [1.29, 1.82) is 0 Å². The first-order valence-electron chi connectivity index (χ1n) is 6.08. The zero-order valence-corrected chi connectivity index (χ0v) is 12.5. The van der Waals surface area contributed by atoms with Crippen LogP contribution in [0.25, 0.3) is 0 Å². The smallest absolute Gasteiger partial charge is 0.363 e. The van der Waals surface area contributed by atoms with Crippen molar-refractivity contribution in [3.05, 3.63) is 38.1 Å². The maximum Gasteiger partial charge on any atom is 0.363 e. The quantitative estimate of drug-likeness (QED) is 0.685.